The Balaban J connectivity index is 1.80. The molecule has 0 amide bonds. The highest BCUT2D eigenvalue weighted by Crippen LogP contribution is 2.13. The lowest BCUT2D eigenvalue weighted by Crippen LogP contribution is -2.01. The molecule has 100 valence electrons. The minimum absolute atomic E-state index is 0.178. The van der Waals surface area contributed by atoms with E-state index in [1.54, 1.807) is 0 Å². The second-order valence-corrected chi connectivity index (χ2v) is 4.46. The summed E-state index contributed by atoms with van der Waals surface area (Å²) in [6.07, 6.45) is 1.55. The van der Waals surface area contributed by atoms with E-state index in [0.717, 1.165) is 23.4 Å². The van der Waals surface area contributed by atoms with Crippen LogP contribution in [0, 0.1) is 0 Å². The second-order valence-electron chi connectivity index (χ2n) is 4.46. The number of ether oxygens (including phenoxy) is 1. The number of aliphatic hydroxyl groups excluding tert-OH is 1. The molecule has 19 heavy (non-hydrogen) atoms. The standard InChI is InChI=1S/C16H19NO2/c17-15-5-1-14(2-6-15)10-12-19-16-7-3-13(4-8-16)9-11-18/h1-8,18H,9-12,17H2. The van der Waals surface area contributed by atoms with Crippen LogP contribution in [-0.4, -0.2) is 18.3 Å². The fourth-order valence-electron chi connectivity index (χ4n) is 1.85. The van der Waals surface area contributed by atoms with Gasteiger partial charge < -0.3 is 15.6 Å². The minimum Gasteiger partial charge on any atom is -0.493 e. The van der Waals surface area contributed by atoms with E-state index in [1.807, 2.05) is 48.5 Å². The lowest BCUT2D eigenvalue weighted by Gasteiger charge is -2.07. The smallest absolute Gasteiger partial charge is 0.119 e. The topological polar surface area (TPSA) is 55.5 Å². The Bertz CT molecular complexity index is 491. The van der Waals surface area contributed by atoms with Gasteiger partial charge in [-0.3, -0.25) is 0 Å². The van der Waals surface area contributed by atoms with Gasteiger partial charge >= 0.3 is 0 Å². The van der Waals surface area contributed by atoms with E-state index in [2.05, 4.69) is 0 Å². The highest BCUT2D eigenvalue weighted by Gasteiger charge is 1.97. The molecule has 2 rings (SSSR count). The third kappa shape index (κ3) is 4.30. The van der Waals surface area contributed by atoms with Crippen LogP contribution in [0.3, 0.4) is 0 Å². The van der Waals surface area contributed by atoms with Crippen molar-refractivity contribution in [3.63, 3.8) is 0 Å². The van der Waals surface area contributed by atoms with Crippen LogP contribution in [0.2, 0.25) is 0 Å². The van der Waals surface area contributed by atoms with Gasteiger partial charge in [-0.1, -0.05) is 24.3 Å². The fraction of sp³-hybridized carbons (Fsp3) is 0.250. The molecule has 0 bridgehead atoms. The molecule has 0 aliphatic heterocycles. The van der Waals surface area contributed by atoms with E-state index in [1.165, 1.54) is 5.56 Å². The van der Waals surface area contributed by atoms with E-state index < -0.39 is 0 Å². The van der Waals surface area contributed by atoms with E-state index in [4.69, 9.17) is 15.6 Å². The normalized spacial score (nSPS) is 10.4. The van der Waals surface area contributed by atoms with Crippen LogP contribution < -0.4 is 10.5 Å². The highest BCUT2D eigenvalue weighted by molar-refractivity contribution is 5.39. The number of nitrogens with two attached hydrogens (primary N) is 1. The minimum atomic E-state index is 0.178. The number of nitrogen functional groups attached to an aromatic ring is 1. The van der Waals surface area contributed by atoms with Gasteiger partial charge in [0.25, 0.3) is 0 Å². The number of aliphatic hydroxyl groups is 1. The van der Waals surface area contributed by atoms with Crippen LogP contribution in [0.15, 0.2) is 48.5 Å². The van der Waals surface area contributed by atoms with Gasteiger partial charge in [0.1, 0.15) is 5.75 Å². The van der Waals surface area contributed by atoms with Crippen molar-refractivity contribution in [3.8, 4) is 5.75 Å². The Kier molecular flexibility index (Phi) is 4.81. The van der Waals surface area contributed by atoms with E-state index in [-0.39, 0.29) is 6.61 Å². The van der Waals surface area contributed by atoms with Gasteiger partial charge in [0.15, 0.2) is 0 Å². The molecule has 0 fully saturated rings. The van der Waals surface area contributed by atoms with Crippen molar-refractivity contribution in [2.45, 2.75) is 12.8 Å². The Morgan fingerprint density at radius 3 is 2.05 bits per heavy atom. The molecular weight excluding hydrogens is 238 g/mol. The SMILES string of the molecule is Nc1ccc(CCOc2ccc(CCO)cc2)cc1. The predicted octanol–water partition coefficient (Wildman–Crippen LogP) is 2.43. The third-order valence-electron chi connectivity index (χ3n) is 2.96. The van der Waals surface area contributed by atoms with Gasteiger partial charge in [-0.15, -0.1) is 0 Å². The average Bonchev–Trinajstić information content (AvgIpc) is 2.43. The Labute approximate surface area is 113 Å². The molecule has 0 aliphatic rings. The molecule has 0 aromatic heterocycles. The van der Waals surface area contributed by atoms with E-state index in [0.29, 0.717) is 13.0 Å². The lowest BCUT2D eigenvalue weighted by molar-refractivity contribution is 0.299. The predicted molar refractivity (Wildman–Crippen MR) is 77.3 cm³/mol. The van der Waals surface area contributed by atoms with Crippen molar-refractivity contribution in [2.24, 2.45) is 0 Å². The molecule has 3 heteroatoms. The Hall–Kier alpha value is -2.00. The van der Waals surface area contributed by atoms with Gasteiger partial charge in [0.05, 0.1) is 6.61 Å². The van der Waals surface area contributed by atoms with Gasteiger partial charge in [-0.25, -0.2) is 0 Å². The Morgan fingerprint density at radius 2 is 1.42 bits per heavy atom. The van der Waals surface area contributed by atoms with Crippen LogP contribution in [0.1, 0.15) is 11.1 Å². The van der Waals surface area contributed by atoms with Crippen molar-refractivity contribution in [2.75, 3.05) is 18.9 Å². The first-order valence-electron chi connectivity index (χ1n) is 6.45. The van der Waals surface area contributed by atoms with Gasteiger partial charge in [0.2, 0.25) is 0 Å². The van der Waals surface area contributed by atoms with E-state index in [9.17, 15) is 0 Å². The maximum Gasteiger partial charge on any atom is 0.119 e. The van der Waals surface area contributed by atoms with E-state index >= 15 is 0 Å². The van der Waals surface area contributed by atoms with Crippen LogP contribution in [-0.2, 0) is 12.8 Å². The third-order valence-corrected chi connectivity index (χ3v) is 2.96. The molecule has 0 unspecified atom stereocenters. The molecular formula is C16H19NO2. The van der Waals surface area contributed by atoms with Crippen LogP contribution >= 0.6 is 0 Å². The van der Waals surface area contributed by atoms with Crippen LogP contribution in [0.4, 0.5) is 5.69 Å². The number of rotatable bonds is 6. The molecule has 0 heterocycles. The summed E-state index contributed by atoms with van der Waals surface area (Å²) in [6, 6.07) is 15.7. The molecule has 0 aliphatic carbocycles. The number of benzene rings is 2. The zero-order valence-electron chi connectivity index (χ0n) is 10.9. The maximum atomic E-state index is 8.84. The summed E-state index contributed by atoms with van der Waals surface area (Å²) in [5, 5.41) is 8.84. The molecule has 0 spiro atoms. The highest BCUT2D eigenvalue weighted by atomic mass is 16.5. The summed E-state index contributed by atoms with van der Waals surface area (Å²) in [4.78, 5) is 0. The summed E-state index contributed by atoms with van der Waals surface area (Å²) in [7, 11) is 0. The number of anilines is 1. The number of hydrogen-bond acceptors (Lipinski definition) is 3. The largest absolute Gasteiger partial charge is 0.493 e. The second kappa shape index (κ2) is 6.81. The number of hydrogen-bond donors (Lipinski definition) is 2. The molecule has 2 aromatic carbocycles. The summed E-state index contributed by atoms with van der Waals surface area (Å²) in [5.74, 6) is 0.858. The quantitative estimate of drug-likeness (QED) is 0.781. The first-order valence-corrected chi connectivity index (χ1v) is 6.45. The van der Waals surface area contributed by atoms with Crippen molar-refractivity contribution in [3.05, 3.63) is 59.7 Å². The summed E-state index contributed by atoms with van der Waals surface area (Å²) >= 11 is 0. The first kappa shape index (κ1) is 13.4. The van der Waals surface area contributed by atoms with Crippen LogP contribution in [0.25, 0.3) is 0 Å². The Morgan fingerprint density at radius 1 is 0.842 bits per heavy atom. The molecule has 2 aromatic rings. The lowest BCUT2D eigenvalue weighted by atomic mass is 10.1. The fourth-order valence-corrected chi connectivity index (χ4v) is 1.85. The summed E-state index contributed by atoms with van der Waals surface area (Å²) < 4.78 is 5.68. The molecule has 3 N–H and O–H groups in total. The monoisotopic (exact) mass is 257 g/mol. The molecule has 0 saturated carbocycles. The summed E-state index contributed by atoms with van der Waals surface area (Å²) in [5.41, 5.74) is 8.75. The zero-order valence-corrected chi connectivity index (χ0v) is 10.9. The first-order chi connectivity index (χ1) is 9.28. The summed E-state index contributed by atoms with van der Waals surface area (Å²) in [6.45, 7) is 0.820. The van der Waals surface area contributed by atoms with Gasteiger partial charge in [-0.2, -0.15) is 0 Å². The maximum absolute atomic E-state index is 8.84. The van der Waals surface area contributed by atoms with Crippen molar-refractivity contribution < 1.29 is 9.84 Å². The van der Waals surface area contributed by atoms with Gasteiger partial charge in [0, 0.05) is 18.7 Å². The average molecular weight is 257 g/mol. The zero-order chi connectivity index (χ0) is 13.5. The molecule has 0 saturated heterocycles. The van der Waals surface area contributed by atoms with Gasteiger partial charge in [-0.05, 0) is 41.8 Å². The van der Waals surface area contributed by atoms with Crippen molar-refractivity contribution in [1.82, 2.24) is 0 Å². The van der Waals surface area contributed by atoms with Crippen LogP contribution in [0.5, 0.6) is 5.75 Å². The van der Waals surface area contributed by atoms with Crippen molar-refractivity contribution in [1.29, 1.82) is 0 Å². The molecule has 3 nitrogen and oxygen atoms in total. The molecule has 0 atom stereocenters. The molecule has 0 radical (unpaired) electrons. The van der Waals surface area contributed by atoms with Crippen molar-refractivity contribution >= 4 is 5.69 Å².